The van der Waals surface area contributed by atoms with Gasteiger partial charge in [0.2, 0.25) is 0 Å². The van der Waals surface area contributed by atoms with E-state index in [-0.39, 0.29) is 22.4 Å². The van der Waals surface area contributed by atoms with Crippen molar-refractivity contribution in [3.63, 3.8) is 0 Å². The first-order valence-electron chi connectivity index (χ1n) is 8.17. The highest BCUT2D eigenvalue weighted by Gasteiger charge is 2.35. The summed E-state index contributed by atoms with van der Waals surface area (Å²) in [5.41, 5.74) is 0.0763. The van der Waals surface area contributed by atoms with Crippen LogP contribution in [0.1, 0.15) is 51.7 Å². The van der Waals surface area contributed by atoms with E-state index in [1.807, 2.05) is 0 Å². The summed E-state index contributed by atoms with van der Waals surface area (Å²) in [6.07, 6.45) is 1.24. The lowest BCUT2D eigenvalue weighted by atomic mass is 9.75. The van der Waals surface area contributed by atoms with Gasteiger partial charge in [0, 0.05) is 5.56 Å². The number of benzene rings is 1. The van der Waals surface area contributed by atoms with Crippen LogP contribution in [0.4, 0.5) is 0 Å². The van der Waals surface area contributed by atoms with Gasteiger partial charge in [-0.2, -0.15) is 0 Å². The van der Waals surface area contributed by atoms with Crippen LogP contribution in [0, 0.1) is 17.8 Å². The molecule has 0 aromatic heterocycles. The van der Waals surface area contributed by atoms with E-state index in [4.69, 9.17) is 16.3 Å². The van der Waals surface area contributed by atoms with Crippen LogP contribution < -0.4 is 0 Å². The summed E-state index contributed by atoms with van der Waals surface area (Å²) in [4.78, 5) is 12.3. The van der Waals surface area contributed by atoms with Gasteiger partial charge in [0.15, 0.2) is 6.10 Å². The number of hydrogen-bond donors (Lipinski definition) is 2. The Hall–Kier alpha value is -1.26. The van der Waals surface area contributed by atoms with E-state index >= 15 is 0 Å². The van der Waals surface area contributed by atoms with Crippen molar-refractivity contribution in [2.24, 2.45) is 17.8 Å². The summed E-state index contributed by atoms with van der Waals surface area (Å²) >= 11 is 5.83. The predicted molar refractivity (Wildman–Crippen MR) is 89.3 cm³/mol. The van der Waals surface area contributed by atoms with Crippen LogP contribution in [-0.2, 0) is 9.53 Å². The first-order valence-corrected chi connectivity index (χ1v) is 8.55. The summed E-state index contributed by atoms with van der Waals surface area (Å²) in [6.45, 7) is 6.40. The highest BCUT2D eigenvalue weighted by molar-refractivity contribution is 6.32. The molecule has 0 aliphatic heterocycles. The third-order valence-electron chi connectivity index (χ3n) is 4.76. The SMILES string of the molecule is CC1CCC(C(C)C)C(OC(=O)C(O)c2cccc(Cl)c2O)C1. The topological polar surface area (TPSA) is 66.8 Å². The second-order valence-corrected chi connectivity index (χ2v) is 7.29. The number of rotatable bonds is 4. The molecule has 0 saturated heterocycles. The number of para-hydroxylation sites is 1. The second kappa shape index (κ2) is 7.54. The van der Waals surface area contributed by atoms with Crippen LogP contribution in [0.15, 0.2) is 18.2 Å². The molecule has 1 aromatic carbocycles. The number of aliphatic hydroxyl groups is 1. The number of halogens is 1. The second-order valence-electron chi connectivity index (χ2n) is 6.88. The van der Waals surface area contributed by atoms with Crippen molar-refractivity contribution in [2.45, 2.75) is 52.2 Å². The monoisotopic (exact) mass is 340 g/mol. The molecule has 4 nitrogen and oxygen atoms in total. The average Bonchev–Trinajstić information content (AvgIpc) is 2.49. The number of ether oxygens (including phenoxy) is 1. The van der Waals surface area contributed by atoms with Crippen molar-refractivity contribution >= 4 is 17.6 Å². The van der Waals surface area contributed by atoms with Gasteiger partial charge in [-0.1, -0.05) is 50.9 Å². The minimum absolute atomic E-state index is 0.0763. The van der Waals surface area contributed by atoms with Crippen LogP contribution in [0.25, 0.3) is 0 Å². The fourth-order valence-corrected chi connectivity index (χ4v) is 3.53. The molecule has 0 heterocycles. The molecule has 0 spiro atoms. The molecule has 5 heteroatoms. The third kappa shape index (κ3) is 4.18. The number of carbonyl (C=O) groups excluding carboxylic acids is 1. The standard InChI is InChI=1S/C18H25ClO4/c1-10(2)12-8-7-11(3)9-15(12)23-18(22)17(21)13-5-4-6-14(19)16(13)20/h4-6,10-12,15,17,20-21H,7-9H2,1-3H3. The first kappa shape index (κ1) is 18.1. The normalized spacial score (nSPS) is 26.1. The summed E-state index contributed by atoms with van der Waals surface area (Å²) in [6, 6.07) is 4.54. The maximum atomic E-state index is 12.3. The van der Waals surface area contributed by atoms with Crippen LogP contribution in [0.5, 0.6) is 5.75 Å². The molecule has 23 heavy (non-hydrogen) atoms. The maximum absolute atomic E-state index is 12.3. The number of aromatic hydroxyl groups is 1. The van der Waals surface area contributed by atoms with Gasteiger partial charge in [-0.05, 0) is 36.7 Å². The lowest BCUT2D eigenvalue weighted by molar-refractivity contribution is -0.166. The van der Waals surface area contributed by atoms with Gasteiger partial charge < -0.3 is 14.9 Å². The molecule has 1 aromatic rings. The molecule has 128 valence electrons. The number of phenolic OH excluding ortho intramolecular Hbond substituents is 1. The highest BCUT2D eigenvalue weighted by atomic mass is 35.5. The molecule has 0 bridgehead atoms. The van der Waals surface area contributed by atoms with Gasteiger partial charge in [-0.3, -0.25) is 0 Å². The van der Waals surface area contributed by atoms with Gasteiger partial charge >= 0.3 is 5.97 Å². The molecular weight excluding hydrogens is 316 g/mol. The van der Waals surface area contributed by atoms with Gasteiger partial charge in [0.1, 0.15) is 11.9 Å². The Morgan fingerprint density at radius 1 is 1.35 bits per heavy atom. The summed E-state index contributed by atoms with van der Waals surface area (Å²) in [7, 11) is 0. The zero-order valence-electron chi connectivity index (χ0n) is 13.8. The average molecular weight is 341 g/mol. The largest absolute Gasteiger partial charge is 0.506 e. The fourth-order valence-electron chi connectivity index (χ4n) is 3.34. The molecule has 1 aliphatic rings. The number of phenols is 1. The highest BCUT2D eigenvalue weighted by Crippen LogP contribution is 2.37. The Balaban J connectivity index is 2.11. The Bertz CT molecular complexity index is 558. The van der Waals surface area contributed by atoms with E-state index < -0.39 is 12.1 Å². The van der Waals surface area contributed by atoms with Crippen molar-refractivity contribution in [3.8, 4) is 5.75 Å². The Morgan fingerprint density at radius 3 is 2.70 bits per heavy atom. The molecule has 1 aliphatic carbocycles. The minimum atomic E-state index is -1.53. The van der Waals surface area contributed by atoms with E-state index in [9.17, 15) is 15.0 Å². The predicted octanol–water partition coefficient (Wildman–Crippen LogP) is 4.08. The third-order valence-corrected chi connectivity index (χ3v) is 5.07. The smallest absolute Gasteiger partial charge is 0.340 e. The van der Waals surface area contributed by atoms with Crippen molar-refractivity contribution in [1.29, 1.82) is 0 Å². The zero-order valence-corrected chi connectivity index (χ0v) is 14.6. The minimum Gasteiger partial charge on any atom is -0.506 e. The van der Waals surface area contributed by atoms with Gasteiger partial charge in [0.05, 0.1) is 5.02 Å². The maximum Gasteiger partial charge on any atom is 0.340 e. The van der Waals surface area contributed by atoms with E-state index in [1.54, 1.807) is 6.07 Å². The molecule has 1 fully saturated rings. The fraction of sp³-hybridized carbons (Fsp3) is 0.611. The number of carbonyl (C=O) groups is 1. The lowest BCUT2D eigenvalue weighted by Crippen LogP contribution is -2.37. The van der Waals surface area contributed by atoms with Crippen LogP contribution in [-0.4, -0.2) is 22.3 Å². The Labute approximate surface area is 142 Å². The van der Waals surface area contributed by atoms with Crippen LogP contribution in [0.3, 0.4) is 0 Å². The summed E-state index contributed by atoms with van der Waals surface area (Å²) in [5, 5.41) is 20.2. The van der Waals surface area contributed by atoms with Crippen molar-refractivity contribution in [2.75, 3.05) is 0 Å². The number of esters is 1. The van der Waals surface area contributed by atoms with Crippen molar-refractivity contribution < 1.29 is 19.7 Å². The molecule has 0 radical (unpaired) electrons. The lowest BCUT2D eigenvalue weighted by Gasteiger charge is -2.37. The molecule has 1 saturated carbocycles. The van der Waals surface area contributed by atoms with E-state index in [0.717, 1.165) is 19.3 Å². The summed E-state index contributed by atoms with van der Waals surface area (Å²) < 4.78 is 5.60. The van der Waals surface area contributed by atoms with Gasteiger partial charge in [-0.15, -0.1) is 0 Å². The number of aliphatic hydroxyl groups excluding tert-OH is 1. The molecule has 4 unspecified atom stereocenters. The van der Waals surface area contributed by atoms with E-state index in [2.05, 4.69) is 20.8 Å². The molecule has 2 rings (SSSR count). The molecular formula is C18H25ClO4. The molecule has 4 atom stereocenters. The Morgan fingerprint density at radius 2 is 2.04 bits per heavy atom. The Kier molecular flexibility index (Phi) is 5.93. The summed E-state index contributed by atoms with van der Waals surface area (Å²) in [5.74, 6) is 0.204. The van der Waals surface area contributed by atoms with Crippen LogP contribution in [0.2, 0.25) is 5.02 Å². The molecule has 2 N–H and O–H groups in total. The number of hydrogen-bond acceptors (Lipinski definition) is 4. The van der Waals surface area contributed by atoms with Crippen molar-refractivity contribution in [3.05, 3.63) is 28.8 Å². The van der Waals surface area contributed by atoms with E-state index in [1.165, 1.54) is 12.1 Å². The van der Waals surface area contributed by atoms with Crippen molar-refractivity contribution in [1.82, 2.24) is 0 Å². The van der Waals surface area contributed by atoms with E-state index in [0.29, 0.717) is 17.8 Å². The van der Waals surface area contributed by atoms with Gasteiger partial charge in [0.25, 0.3) is 0 Å². The van der Waals surface area contributed by atoms with Gasteiger partial charge in [-0.25, -0.2) is 4.79 Å². The quantitative estimate of drug-likeness (QED) is 0.810. The van der Waals surface area contributed by atoms with Crippen LogP contribution >= 0.6 is 11.6 Å². The molecule has 0 amide bonds. The first-order chi connectivity index (χ1) is 10.8. The zero-order chi connectivity index (χ0) is 17.1.